The van der Waals surface area contributed by atoms with Gasteiger partial charge in [-0.3, -0.25) is 4.79 Å². The molecule has 5 aliphatic carbocycles. The summed E-state index contributed by atoms with van der Waals surface area (Å²) >= 11 is 0. The second-order valence-electron chi connectivity index (χ2n) is 21.4. The van der Waals surface area contributed by atoms with Gasteiger partial charge in [-0.2, -0.15) is 0 Å². The normalized spacial score (nSPS) is 38.6. The molecule has 288 valence electrons. The molecule has 5 aliphatic rings. The van der Waals surface area contributed by atoms with E-state index in [9.17, 15) is 4.79 Å². The quantitative estimate of drug-likeness (QED) is 0.0861. The van der Waals surface area contributed by atoms with Gasteiger partial charge >= 0.3 is 5.97 Å². The van der Waals surface area contributed by atoms with Crippen LogP contribution in [0.5, 0.6) is 0 Å². The highest BCUT2D eigenvalue weighted by Crippen LogP contribution is 2.75. The SMILES string of the molecule is CCCCCCCCCCCCCCCCCC(=O)O[C@H]1CC[C@@]2(C)C(CC[C@]3(C)[C@@H]2CC=C2[C@H]4CC(C)(C)CC[C@]4(C)CC[C@]23C)C1(C)C. The number of carbonyl (C=O) groups excluding carboxylic acids is 1. The molecule has 4 saturated carbocycles. The fourth-order valence-electron chi connectivity index (χ4n) is 13.6. The second kappa shape index (κ2) is 16.3. The molecule has 8 atom stereocenters. The van der Waals surface area contributed by atoms with Crippen LogP contribution in [0.4, 0.5) is 0 Å². The van der Waals surface area contributed by atoms with Crippen LogP contribution in [0.25, 0.3) is 0 Å². The first-order valence-electron chi connectivity index (χ1n) is 22.5. The first-order chi connectivity index (χ1) is 23.6. The maximum atomic E-state index is 13.2. The lowest BCUT2D eigenvalue weighted by Crippen LogP contribution is -2.64. The Bertz CT molecular complexity index is 1150. The Morgan fingerprint density at radius 3 is 1.82 bits per heavy atom. The summed E-state index contributed by atoms with van der Waals surface area (Å²) in [5.41, 5.74) is 3.87. The largest absolute Gasteiger partial charge is 0.462 e. The van der Waals surface area contributed by atoms with Crippen LogP contribution in [0.2, 0.25) is 0 Å². The predicted octanol–water partition coefficient (Wildman–Crippen LogP) is 15.0. The molecule has 1 unspecified atom stereocenters. The van der Waals surface area contributed by atoms with Crippen LogP contribution in [0.3, 0.4) is 0 Å². The van der Waals surface area contributed by atoms with Crippen molar-refractivity contribution in [2.24, 2.45) is 50.2 Å². The summed E-state index contributed by atoms with van der Waals surface area (Å²) in [7, 11) is 0. The number of hydrogen-bond acceptors (Lipinski definition) is 2. The van der Waals surface area contributed by atoms with E-state index in [2.05, 4.69) is 68.4 Å². The number of ether oxygens (including phenoxy) is 1. The standard InChI is InChI=1S/C48H84O2/c1-10-11-12-13-14-15-16-17-18-19-20-21-22-23-24-25-42(49)50-41-29-30-46(7)39(44(41,4)5)28-31-48(9)40(46)27-26-37-38-36-43(2,3)32-33-45(38,6)34-35-47(37,48)8/h26,38-41H,10-25,27-36H2,1-9H3/t38-,39?,40-,41+,45-,46+,47-,48-/m1/s1. The van der Waals surface area contributed by atoms with Crippen molar-refractivity contribution in [2.45, 2.75) is 235 Å². The van der Waals surface area contributed by atoms with Crippen molar-refractivity contribution in [1.29, 1.82) is 0 Å². The average molecular weight is 693 g/mol. The summed E-state index contributed by atoms with van der Waals surface area (Å²) < 4.78 is 6.43. The number of unbranched alkanes of at least 4 members (excludes halogenated alkanes) is 14. The first kappa shape index (κ1) is 40.4. The van der Waals surface area contributed by atoms with Gasteiger partial charge in [-0.1, -0.05) is 164 Å². The van der Waals surface area contributed by atoms with Crippen molar-refractivity contribution in [3.8, 4) is 0 Å². The minimum Gasteiger partial charge on any atom is -0.462 e. The van der Waals surface area contributed by atoms with Gasteiger partial charge in [-0.15, -0.1) is 0 Å². The molecule has 0 heterocycles. The number of hydrogen-bond donors (Lipinski definition) is 0. The molecule has 0 aromatic rings. The van der Waals surface area contributed by atoms with Crippen LogP contribution in [0.15, 0.2) is 11.6 Å². The number of fused-ring (bicyclic) bond motifs is 7. The lowest BCUT2D eigenvalue weighted by Gasteiger charge is -2.71. The van der Waals surface area contributed by atoms with Crippen LogP contribution < -0.4 is 0 Å². The van der Waals surface area contributed by atoms with Crippen molar-refractivity contribution in [1.82, 2.24) is 0 Å². The summed E-state index contributed by atoms with van der Waals surface area (Å²) in [5.74, 6) is 2.18. The molecule has 4 fully saturated rings. The lowest BCUT2D eigenvalue weighted by atomic mass is 9.33. The van der Waals surface area contributed by atoms with Gasteiger partial charge in [0.25, 0.3) is 0 Å². The molecule has 0 N–H and O–H groups in total. The maximum Gasteiger partial charge on any atom is 0.306 e. The molecule has 0 bridgehead atoms. The van der Waals surface area contributed by atoms with E-state index in [4.69, 9.17) is 4.74 Å². The molecule has 0 aromatic heterocycles. The minimum absolute atomic E-state index is 0.0302. The molecule has 50 heavy (non-hydrogen) atoms. The number of carbonyl (C=O) groups is 1. The Kier molecular flexibility index (Phi) is 13.2. The van der Waals surface area contributed by atoms with Gasteiger partial charge in [0.15, 0.2) is 0 Å². The molecule has 2 heteroatoms. The Morgan fingerprint density at radius 1 is 0.660 bits per heavy atom. The zero-order chi connectivity index (χ0) is 36.3. The van der Waals surface area contributed by atoms with E-state index in [0.29, 0.717) is 39.4 Å². The van der Waals surface area contributed by atoms with Crippen molar-refractivity contribution in [2.75, 3.05) is 0 Å². The van der Waals surface area contributed by atoms with Gasteiger partial charge in [0.1, 0.15) is 6.10 Å². The Balaban J connectivity index is 1.07. The van der Waals surface area contributed by atoms with E-state index in [-0.39, 0.29) is 17.5 Å². The summed E-state index contributed by atoms with van der Waals surface area (Å²) in [5, 5.41) is 0. The Labute approximate surface area is 311 Å². The van der Waals surface area contributed by atoms with Crippen LogP contribution in [0.1, 0.15) is 229 Å². The maximum absolute atomic E-state index is 13.2. The van der Waals surface area contributed by atoms with Crippen molar-refractivity contribution in [3.63, 3.8) is 0 Å². The predicted molar refractivity (Wildman–Crippen MR) is 214 cm³/mol. The molecule has 0 spiro atoms. The van der Waals surface area contributed by atoms with Crippen LogP contribution >= 0.6 is 0 Å². The van der Waals surface area contributed by atoms with Gasteiger partial charge in [0, 0.05) is 11.8 Å². The van der Waals surface area contributed by atoms with E-state index >= 15 is 0 Å². The van der Waals surface area contributed by atoms with E-state index in [1.54, 1.807) is 0 Å². The van der Waals surface area contributed by atoms with Gasteiger partial charge < -0.3 is 4.74 Å². The lowest BCUT2D eigenvalue weighted by molar-refractivity contribution is -0.212. The van der Waals surface area contributed by atoms with Gasteiger partial charge in [0.2, 0.25) is 0 Å². The summed E-state index contributed by atoms with van der Waals surface area (Å²) in [6.45, 7) is 23.1. The molecule has 0 amide bonds. The van der Waals surface area contributed by atoms with E-state index in [0.717, 1.165) is 24.7 Å². The highest BCUT2D eigenvalue weighted by Gasteiger charge is 2.68. The molecule has 0 aliphatic heterocycles. The molecular formula is C48H84O2. The first-order valence-corrected chi connectivity index (χ1v) is 22.5. The Hall–Kier alpha value is -0.790. The summed E-state index contributed by atoms with van der Waals surface area (Å²) in [4.78, 5) is 13.2. The summed E-state index contributed by atoms with van der Waals surface area (Å²) in [6, 6.07) is 0. The fraction of sp³-hybridized carbons (Fsp3) is 0.938. The molecule has 0 saturated heterocycles. The molecule has 2 nitrogen and oxygen atoms in total. The third-order valence-corrected chi connectivity index (χ3v) is 17.3. The fourth-order valence-corrected chi connectivity index (χ4v) is 13.6. The van der Waals surface area contributed by atoms with Crippen LogP contribution in [-0.2, 0) is 9.53 Å². The molecule has 5 rings (SSSR count). The van der Waals surface area contributed by atoms with Crippen molar-refractivity contribution < 1.29 is 9.53 Å². The van der Waals surface area contributed by atoms with E-state index in [1.165, 1.54) is 148 Å². The smallest absolute Gasteiger partial charge is 0.306 e. The number of rotatable bonds is 17. The molecular weight excluding hydrogens is 609 g/mol. The van der Waals surface area contributed by atoms with E-state index in [1.807, 2.05) is 5.57 Å². The molecule has 0 radical (unpaired) electrons. The average Bonchev–Trinajstić information content (AvgIpc) is 3.05. The Morgan fingerprint density at radius 2 is 1.22 bits per heavy atom. The van der Waals surface area contributed by atoms with E-state index < -0.39 is 0 Å². The highest BCUT2D eigenvalue weighted by molar-refractivity contribution is 5.69. The monoisotopic (exact) mass is 693 g/mol. The zero-order valence-electron chi connectivity index (χ0n) is 35.1. The van der Waals surface area contributed by atoms with Crippen molar-refractivity contribution in [3.05, 3.63) is 11.6 Å². The zero-order valence-corrected chi connectivity index (χ0v) is 35.1. The third-order valence-electron chi connectivity index (χ3n) is 17.3. The topological polar surface area (TPSA) is 26.3 Å². The number of allylic oxidation sites excluding steroid dienone is 2. The van der Waals surface area contributed by atoms with Crippen LogP contribution in [-0.4, -0.2) is 12.1 Å². The summed E-state index contributed by atoms with van der Waals surface area (Å²) in [6.07, 6.45) is 36.9. The second-order valence-corrected chi connectivity index (χ2v) is 21.4. The van der Waals surface area contributed by atoms with Gasteiger partial charge in [0.05, 0.1) is 0 Å². The van der Waals surface area contributed by atoms with Gasteiger partial charge in [-0.25, -0.2) is 0 Å². The van der Waals surface area contributed by atoms with Crippen LogP contribution in [0, 0.1) is 50.2 Å². The molecule has 0 aromatic carbocycles. The minimum atomic E-state index is 0.0302. The van der Waals surface area contributed by atoms with Crippen molar-refractivity contribution >= 4 is 5.97 Å². The number of esters is 1. The highest BCUT2D eigenvalue weighted by atomic mass is 16.5. The van der Waals surface area contributed by atoms with Gasteiger partial charge in [-0.05, 0) is 115 Å². The third kappa shape index (κ3) is 8.15.